The van der Waals surface area contributed by atoms with E-state index in [0.29, 0.717) is 0 Å². The molecule has 0 fully saturated rings. The minimum absolute atomic E-state index is 1.26. The van der Waals surface area contributed by atoms with Crippen molar-refractivity contribution in [1.29, 1.82) is 0 Å². The summed E-state index contributed by atoms with van der Waals surface area (Å²) in [6.45, 7) is 4.34. The summed E-state index contributed by atoms with van der Waals surface area (Å²) in [6.07, 6.45) is 0. The van der Waals surface area contributed by atoms with Crippen LogP contribution in [0, 0.1) is 13.8 Å². The van der Waals surface area contributed by atoms with Gasteiger partial charge in [-0.3, -0.25) is 0 Å². The molecule has 0 unspecified atom stereocenters. The average Bonchev–Trinajstić information content (AvgIpc) is 3.73. The van der Waals surface area contributed by atoms with Crippen LogP contribution in [0.2, 0.25) is 0 Å². The second-order valence-corrected chi connectivity index (χ2v) is 13.9. The molecule has 0 bridgehead atoms. The van der Waals surface area contributed by atoms with Crippen LogP contribution in [0.4, 0.5) is 0 Å². The van der Waals surface area contributed by atoms with Crippen LogP contribution in [0.1, 0.15) is 11.1 Å². The van der Waals surface area contributed by atoms with Crippen LogP contribution in [0.3, 0.4) is 0 Å². The first-order valence-electron chi connectivity index (χ1n) is 16.3. The number of hydrogen-bond donors (Lipinski definition) is 0. The van der Waals surface area contributed by atoms with Crippen LogP contribution in [-0.2, 0) is 0 Å². The van der Waals surface area contributed by atoms with E-state index in [2.05, 4.69) is 159 Å². The fourth-order valence-corrected chi connectivity index (χ4v) is 9.04. The van der Waals surface area contributed by atoms with E-state index in [9.17, 15) is 0 Å². The molecule has 0 N–H and O–H groups in total. The Balaban J connectivity index is 1.36. The predicted octanol–water partition coefficient (Wildman–Crippen LogP) is 13.6. The second kappa shape index (κ2) is 10.00. The zero-order chi connectivity index (χ0) is 31.2. The Morgan fingerprint density at radius 2 is 0.936 bits per heavy atom. The van der Waals surface area contributed by atoms with Gasteiger partial charge in [-0.05, 0) is 114 Å². The van der Waals surface area contributed by atoms with Gasteiger partial charge in [0.1, 0.15) is 0 Å². The molecule has 0 nitrogen and oxygen atoms in total. The van der Waals surface area contributed by atoms with E-state index in [1.807, 2.05) is 11.3 Å². The molecule has 0 atom stereocenters. The van der Waals surface area contributed by atoms with Crippen molar-refractivity contribution in [3.63, 3.8) is 0 Å². The van der Waals surface area contributed by atoms with Crippen LogP contribution >= 0.6 is 11.3 Å². The molecule has 1 aliphatic rings. The Morgan fingerprint density at radius 1 is 0.383 bits per heavy atom. The zero-order valence-electron chi connectivity index (χ0n) is 26.3. The molecule has 220 valence electrons. The minimum Gasteiger partial charge on any atom is -0.143 e. The molecule has 1 heteroatoms. The summed E-state index contributed by atoms with van der Waals surface area (Å²) in [5, 5.41) is 11.5. The first kappa shape index (κ1) is 26.7. The van der Waals surface area contributed by atoms with Crippen LogP contribution in [0.25, 0.3) is 98.0 Å². The third-order valence-electron chi connectivity index (χ3n) is 10.2. The van der Waals surface area contributed by atoms with E-state index in [0.717, 1.165) is 0 Å². The molecule has 0 spiro atoms. The highest BCUT2D eigenvalue weighted by atomic mass is 32.1. The number of rotatable bonds is 3. The predicted molar refractivity (Wildman–Crippen MR) is 205 cm³/mol. The monoisotopic (exact) mass is 614 g/mol. The average molecular weight is 615 g/mol. The topological polar surface area (TPSA) is 0 Å². The van der Waals surface area contributed by atoms with Crippen molar-refractivity contribution in [3.8, 4) is 55.6 Å². The maximum Gasteiger partial charge on any atom is 0.0427 e. The minimum atomic E-state index is 1.26. The van der Waals surface area contributed by atoms with Gasteiger partial charge in [-0.15, -0.1) is 11.3 Å². The number of thiophene rings is 1. The molecule has 0 aliphatic heterocycles. The summed E-state index contributed by atoms with van der Waals surface area (Å²) in [5.74, 6) is 0. The number of fused-ring (bicyclic) bond motifs is 7. The lowest BCUT2D eigenvalue weighted by molar-refractivity contribution is 1.47. The Hall–Kier alpha value is -5.50. The number of benzene rings is 8. The lowest BCUT2D eigenvalue weighted by Gasteiger charge is -2.20. The van der Waals surface area contributed by atoms with Gasteiger partial charge in [-0.1, -0.05) is 139 Å². The Bertz CT molecular complexity index is 2620. The summed E-state index contributed by atoms with van der Waals surface area (Å²) < 4.78 is 1.35. The molecule has 10 rings (SSSR count). The van der Waals surface area contributed by atoms with Gasteiger partial charge in [-0.25, -0.2) is 0 Å². The summed E-state index contributed by atoms with van der Waals surface area (Å²) >= 11 is 1.85. The second-order valence-electron chi connectivity index (χ2n) is 13.0. The molecule has 47 heavy (non-hydrogen) atoms. The highest BCUT2D eigenvalue weighted by molar-refractivity contribution is 7.18. The van der Waals surface area contributed by atoms with Crippen molar-refractivity contribution < 1.29 is 0 Å². The molecule has 0 amide bonds. The Morgan fingerprint density at radius 3 is 1.60 bits per heavy atom. The van der Waals surface area contributed by atoms with Crippen LogP contribution < -0.4 is 0 Å². The zero-order valence-corrected chi connectivity index (χ0v) is 27.1. The molecule has 8 aromatic carbocycles. The quantitative estimate of drug-likeness (QED) is 0.186. The van der Waals surface area contributed by atoms with Gasteiger partial charge in [0.15, 0.2) is 0 Å². The van der Waals surface area contributed by atoms with Crippen molar-refractivity contribution >= 4 is 53.7 Å². The summed E-state index contributed by atoms with van der Waals surface area (Å²) in [5.41, 5.74) is 15.7. The smallest absolute Gasteiger partial charge is 0.0427 e. The standard InChI is InChI=1S/C46H30S/c1-27-14-18-29(19-15-27)41-35-10-5-6-11-36(35)42(30-20-16-28(2)17-21-30)45-39-23-22-33(34-12-7-13-38(43(34)39)44(41)45)40-26-31-8-3-4-9-32(31)37-24-25-47-46(37)40/h3-26H,1-2H3. The Kier molecular flexibility index (Phi) is 5.68. The molecule has 1 aliphatic carbocycles. The van der Waals surface area contributed by atoms with E-state index in [4.69, 9.17) is 0 Å². The van der Waals surface area contributed by atoms with E-state index in [-0.39, 0.29) is 0 Å². The lowest BCUT2D eigenvalue weighted by Crippen LogP contribution is -1.93. The fourth-order valence-electron chi connectivity index (χ4n) is 8.09. The van der Waals surface area contributed by atoms with Crippen molar-refractivity contribution in [2.45, 2.75) is 13.8 Å². The molecular formula is C46H30S. The van der Waals surface area contributed by atoms with Crippen LogP contribution in [-0.4, -0.2) is 0 Å². The van der Waals surface area contributed by atoms with Gasteiger partial charge >= 0.3 is 0 Å². The van der Waals surface area contributed by atoms with Crippen molar-refractivity contribution in [3.05, 3.63) is 156 Å². The molecular weight excluding hydrogens is 585 g/mol. The van der Waals surface area contributed by atoms with E-state index < -0.39 is 0 Å². The fraction of sp³-hybridized carbons (Fsp3) is 0.0435. The van der Waals surface area contributed by atoms with Gasteiger partial charge < -0.3 is 0 Å². The molecule has 1 heterocycles. The van der Waals surface area contributed by atoms with Gasteiger partial charge in [0.25, 0.3) is 0 Å². The highest BCUT2D eigenvalue weighted by Crippen LogP contribution is 2.58. The third-order valence-corrected chi connectivity index (χ3v) is 11.2. The normalized spacial score (nSPS) is 12.0. The van der Waals surface area contributed by atoms with Crippen LogP contribution in [0.15, 0.2) is 145 Å². The van der Waals surface area contributed by atoms with E-state index >= 15 is 0 Å². The van der Waals surface area contributed by atoms with Gasteiger partial charge in [0.2, 0.25) is 0 Å². The first-order valence-corrected chi connectivity index (χ1v) is 17.2. The molecule has 0 saturated heterocycles. The summed E-state index contributed by atoms with van der Waals surface area (Å²) in [4.78, 5) is 0. The van der Waals surface area contributed by atoms with Crippen molar-refractivity contribution in [2.24, 2.45) is 0 Å². The maximum atomic E-state index is 2.41. The highest BCUT2D eigenvalue weighted by Gasteiger charge is 2.31. The number of aryl methyl sites for hydroxylation is 2. The molecule has 0 saturated carbocycles. The van der Waals surface area contributed by atoms with Gasteiger partial charge in [-0.2, -0.15) is 0 Å². The first-order chi connectivity index (χ1) is 23.2. The van der Waals surface area contributed by atoms with Crippen molar-refractivity contribution in [2.75, 3.05) is 0 Å². The van der Waals surface area contributed by atoms with Gasteiger partial charge in [0.05, 0.1) is 0 Å². The maximum absolute atomic E-state index is 2.41. The summed E-state index contributed by atoms with van der Waals surface area (Å²) in [7, 11) is 0. The van der Waals surface area contributed by atoms with Crippen molar-refractivity contribution in [1.82, 2.24) is 0 Å². The largest absolute Gasteiger partial charge is 0.143 e. The molecule has 9 aromatic rings. The van der Waals surface area contributed by atoms with Gasteiger partial charge in [0, 0.05) is 15.6 Å². The Labute approximate surface area is 278 Å². The third kappa shape index (κ3) is 3.81. The van der Waals surface area contributed by atoms with Crippen LogP contribution in [0.5, 0.6) is 0 Å². The number of hydrogen-bond acceptors (Lipinski definition) is 1. The SMILES string of the molecule is Cc1ccc(-c2c3c(c(-c4ccc(C)cc4)c4ccccc24)-c2ccc(-c4cc5ccccc5c5ccsc45)c4cccc-3c24)cc1. The molecule has 0 radical (unpaired) electrons. The summed E-state index contributed by atoms with van der Waals surface area (Å²) in [6, 6.07) is 52.5. The lowest BCUT2D eigenvalue weighted by atomic mass is 9.82. The molecule has 1 aromatic heterocycles. The van der Waals surface area contributed by atoms with E-state index in [1.54, 1.807) is 0 Å². The van der Waals surface area contributed by atoms with E-state index in [1.165, 1.54) is 109 Å².